The second kappa shape index (κ2) is 4.86. The van der Waals surface area contributed by atoms with Crippen LogP contribution in [0.2, 0.25) is 0 Å². The van der Waals surface area contributed by atoms with Gasteiger partial charge in [-0.15, -0.1) is 11.8 Å². The van der Waals surface area contributed by atoms with E-state index in [1.54, 1.807) is 18.1 Å². The molecule has 1 aromatic heterocycles. The molecule has 1 aliphatic rings. The fourth-order valence-electron chi connectivity index (χ4n) is 1.99. The molecule has 0 amide bonds. The van der Waals surface area contributed by atoms with Gasteiger partial charge in [-0.1, -0.05) is 18.2 Å². The first kappa shape index (κ1) is 11.3. The molecular weight excluding hydrogens is 246 g/mol. The van der Waals surface area contributed by atoms with Gasteiger partial charge in [-0.2, -0.15) is 0 Å². The summed E-state index contributed by atoms with van der Waals surface area (Å²) < 4.78 is 5.63. The minimum Gasteiger partial charge on any atom is -0.491 e. The molecule has 92 valence electrons. The average Bonchev–Trinajstić information content (AvgIpc) is 2.83. The van der Waals surface area contributed by atoms with Gasteiger partial charge in [0.05, 0.1) is 6.04 Å². The van der Waals surface area contributed by atoms with Gasteiger partial charge in [-0.3, -0.25) is 0 Å². The summed E-state index contributed by atoms with van der Waals surface area (Å²) >= 11 is 1.60. The van der Waals surface area contributed by atoms with Crippen LogP contribution in [0, 0.1) is 0 Å². The van der Waals surface area contributed by atoms with Crippen LogP contribution >= 0.6 is 11.8 Å². The van der Waals surface area contributed by atoms with Crippen LogP contribution in [0.25, 0.3) is 0 Å². The molecular formula is C13H13N3OS. The summed E-state index contributed by atoms with van der Waals surface area (Å²) in [4.78, 5) is 8.39. The Hall–Kier alpha value is -1.75. The molecule has 0 radical (unpaired) electrons. The largest absolute Gasteiger partial charge is 0.491 e. The van der Waals surface area contributed by atoms with E-state index in [0.717, 1.165) is 16.6 Å². The second-order valence-electron chi connectivity index (χ2n) is 3.99. The van der Waals surface area contributed by atoms with Crippen LogP contribution < -0.4 is 10.1 Å². The Morgan fingerprint density at radius 1 is 1.33 bits per heavy atom. The van der Waals surface area contributed by atoms with E-state index in [4.69, 9.17) is 4.74 Å². The lowest BCUT2D eigenvalue weighted by Gasteiger charge is -2.12. The number of aromatic nitrogens is 2. The summed E-state index contributed by atoms with van der Waals surface area (Å²) in [6.07, 6.45) is 3.58. The number of hydrogen-bond donors (Lipinski definition) is 1. The summed E-state index contributed by atoms with van der Waals surface area (Å²) in [7, 11) is 0. The van der Waals surface area contributed by atoms with Gasteiger partial charge in [0, 0.05) is 11.6 Å². The predicted molar refractivity (Wildman–Crippen MR) is 72.1 cm³/mol. The van der Waals surface area contributed by atoms with E-state index in [2.05, 4.69) is 21.4 Å². The van der Waals surface area contributed by atoms with Crippen LogP contribution in [0.1, 0.15) is 11.6 Å². The molecule has 3 rings (SSSR count). The third-order valence-electron chi connectivity index (χ3n) is 2.87. The number of hydrogen-bond acceptors (Lipinski definition) is 5. The van der Waals surface area contributed by atoms with Gasteiger partial charge < -0.3 is 10.1 Å². The van der Waals surface area contributed by atoms with Gasteiger partial charge in [0.1, 0.15) is 29.5 Å². The number of ether oxygens (including phenoxy) is 1. The Bertz CT molecular complexity index is 561. The maximum Gasteiger partial charge on any atom is 0.131 e. The molecule has 1 aromatic carbocycles. The van der Waals surface area contributed by atoms with Crippen molar-refractivity contribution in [2.24, 2.45) is 0 Å². The smallest absolute Gasteiger partial charge is 0.131 e. The van der Waals surface area contributed by atoms with Crippen molar-refractivity contribution in [1.82, 2.24) is 9.97 Å². The standard InChI is InChI=1S/C13H13N3OS/c1-18-13-6-12(14-8-15-13)16-10-7-17-11-5-3-2-4-9(10)11/h2-6,8,10H,7H2,1H3,(H,14,15,16). The number of rotatable bonds is 3. The van der Waals surface area contributed by atoms with E-state index in [-0.39, 0.29) is 6.04 Å². The lowest BCUT2D eigenvalue weighted by Crippen LogP contribution is -2.13. The molecule has 0 spiro atoms. The van der Waals surface area contributed by atoms with Crippen molar-refractivity contribution in [3.63, 3.8) is 0 Å². The SMILES string of the molecule is CSc1cc(NC2COc3ccccc32)ncn1. The molecule has 0 saturated carbocycles. The highest BCUT2D eigenvalue weighted by Gasteiger charge is 2.23. The molecule has 5 heteroatoms. The molecule has 0 saturated heterocycles. The van der Waals surface area contributed by atoms with Gasteiger partial charge in [-0.25, -0.2) is 9.97 Å². The molecule has 0 aliphatic carbocycles. The predicted octanol–water partition coefficient (Wildman–Crippen LogP) is 2.74. The quantitative estimate of drug-likeness (QED) is 0.678. The summed E-state index contributed by atoms with van der Waals surface area (Å²) in [5.41, 5.74) is 1.18. The maximum atomic E-state index is 5.63. The molecule has 1 aliphatic heterocycles. The van der Waals surface area contributed by atoms with E-state index in [0.29, 0.717) is 6.61 Å². The Labute approximate surface area is 110 Å². The van der Waals surface area contributed by atoms with Crippen molar-refractivity contribution in [2.45, 2.75) is 11.1 Å². The maximum absolute atomic E-state index is 5.63. The third kappa shape index (κ3) is 2.13. The molecule has 1 unspecified atom stereocenters. The van der Waals surface area contributed by atoms with E-state index in [1.807, 2.05) is 30.5 Å². The van der Waals surface area contributed by atoms with Gasteiger partial charge in [0.15, 0.2) is 0 Å². The number of thioether (sulfide) groups is 1. The summed E-state index contributed by atoms with van der Waals surface area (Å²) in [5, 5.41) is 4.34. The van der Waals surface area contributed by atoms with Gasteiger partial charge in [0.25, 0.3) is 0 Å². The van der Waals surface area contributed by atoms with Gasteiger partial charge in [0.2, 0.25) is 0 Å². The molecule has 1 N–H and O–H groups in total. The number of anilines is 1. The molecule has 0 bridgehead atoms. The number of fused-ring (bicyclic) bond motifs is 1. The fraction of sp³-hybridized carbons (Fsp3) is 0.231. The highest BCUT2D eigenvalue weighted by atomic mass is 32.2. The highest BCUT2D eigenvalue weighted by Crippen LogP contribution is 2.33. The Kier molecular flexibility index (Phi) is 3.06. The summed E-state index contributed by atoms with van der Waals surface area (Å²) in [6.45, 7) is 0.637. The van der Waals surface area contributed by atoms with Crippen molar-refractivity contribution in [1.29, 1.82) is 0 Å². The minimum atomic E-state index is 0.158. The van der Waals surface area contributed by atoms with Crippen LogP contribution in [0.3, 0.4) is 0 Å². The first-order chi connectivity index (χ1) is 8.86. The van der Waals surface area contributed by atoms with Crippen LogP contribution in [0.5, 0.6) is 5.75 Å². The lowest BCUT2D eigenvalue weighted by molar-refractivity contribution is 0.339. The highest BCUT2D eigenvalue weighted by molar-refractivity contribution is 7.98. The fourth-order valence-corrected chi connectivity index (χ4v) is 2.37. The second-order valence-corrected chi connectivity index (χ2v) is 4.82. The summed E-state index contributed by atoms with van der Waals surface area (Å²) in [6, 6.07) is 10.2. The zero-order valence-corrected chi connectivity index (χ0v) is 10.8. The van der Waals surface area contributed by atoms with Crippen molar-refractivity contribution in [2.75, 3.05) is 18.2 Å². The number of nitrogens with zero attached hydrogens (tertiary/aromatic N) is 2. The molecule has 4 nitrogen and oxygen atoms in total. The molecule has 0 fully saturated rings. The van der Waals surface area contributed by atoms with Crippen LogP contribution in [0.4, 0.5) is 5.82 Å². The zero-order valence-electron chi connectivity index (χ0n) is 9.96. The molecule has 2 heterocycles. The zero-order chi connectivity index (χ0) is 12.4. The Balaban J connectivity index is 1.82. The Morgan fingerprint density at radius 3 is 3.11 bits per heavy atom. The van der Waals surface area contributed by atoms with Crippen LogP contribution in [0.15, 0.2) is 41.7 Å². The van der Waals surface area contributed by atoms with Crippen molar-refractivity contribution < 1.29 is 4.74 Å². The molecule has 18 heavy (non-hydrogen) atoms. The number of nitrogens with one attached hydrogen (secondary N) is 1. The average molecular weight is 259 g/mol. The van der Waals surface area contributed by atoms with E-state index in [1.165, 1.54) is 5.56 Å². The number of para-hydroxylation sites is 1. The normalized spacial score (nSPS) is 17.1. The molecule has 1 atom stereocenters. The first-order valence-corrected chi connectivity index (χ1v) is 6.93. The van der Waals surface area contributed by atoms with E-state index < -0.39 is 0 Å². The van der Waals surface area contributed by atoms with E-state index >= 15 is 0 Å². The topological polar surface area (TPSA) is 47.0 Å². The minimum absolute atomic E-state index is 0.158. The van der Waals surface area contributed by atoms with Crippen molar-refractivity contribution in [3.8, 4) is 5.75 Å². The van der Waals surface area contributed by atoms with Gasteiger partial charge >= 0.3 is 0 Å². The van der Waals surface area contributed by atoms with Crippen molar-refractivity contribution in [3.05, 3.63) is 42.2 Å². The van der Waals surface area contributed by atoms with Gasteiger partial charge in [-0.05, 0) is 12.3 Å². The third-order valence-corrected chi connectivity index (χ3v) is 3.51. The monoisotopic (exact) mass is 259 g/mol. The summed E-state index contributed by atoms with van der Waals surface area (Å²) in [5.74, 6) is 1.79. The van der Waals surface area contributed by atoms with Crippen LogP contribution in [-0.2, 0) is 0 Å². The Morgan fingerprint density at radius 2 is 2.22 bits per heavy atom. The molecule has 2 aromatic rings. The van der Waals surface area contributed by atoms with E-state index in [9.17, 15) is 0 Å². The lowest BCUT2D eigenvalue weighted by atomic mass is 10.1. The van der Waals surface area contributed by atoms with Crippen LogP contribution in [-0.4, -0.2) is 22.8 Å². The number of benzene rings is 1. The van der Waals surface area contributed by atoms with Crippen molar-refractivity contribution >= 4 is 17.6 Å². The first-order valence-electron chi connectivity index (χ1n) is 5.71.